The van der Waals surface area contributed by atoms with Gasteiger partial charge in [0, 0.05) is 23.5 Å². The van der Waals surface area contributed by atoms with Crippen LogP contribution in [0.4, 0.5) is 29.3 Å². The zero-order chi connectivity index (χ0) is 21.9. The summed E-state index contributed by atoms with van der Waals surface area (Å²) in [6, 6.07) is 14.5. The number of nitrogens with two attached hydrogens (primary N) is 1. The van der Waals surface area contributed by atoms with Gasteiger partial charge in [0.1, 0.15) is 0 Å². The maximum absolute atomic E-state index is 13.6. The molecule has 0 bridgehead atoms. The van der Waals surface area contributed by atoms with Crippen LogP contribution in [0.25, 0.3) is 16.1 Å². The monoisotopic (exact) mass is 412 g/mol. The summed E-state index contributed by atoms with van der Waals surface area (Å²) in [5, 5.41) is 2.35. The summed E-state index contributed by atoms with van der Waals surface area (Å²) in [6.45, 7) is 7.08. The molecular weight excluding hydrogens is 397 g/mol. The fraction of sp³-hybridized carbons (Fsp3) is 0.0952. The Balaban J connectivity index is 2.29. The van der Waals surface area contributed by atoms with Crippen LogP contribution in [0.5, 0.6) is 0 Å². The predicted molar refractivity (Wildman–Crippen MR) is 106 cm³/mol. The first-order valence-corrected chi connectivity index (χ1v) is 8.64. The van der Waals surface area contributed by atoms with Crippen molar-refractivity contribution in [2.24, 2.45) is 5.73 Å². The highest BCUT2D eigenvalue weighted by atomic mass is 19.4. The van der Waals surface area contributed by atoms with Crippen molar-refractivity contribution in [3.8, 4) is 11.3 Å². The van der Waals surface area contributed by atoms with Crippen molar-refractivity contribution in [2.75, 3.05) is 5.32 Å². The minimum Gasteiger partial charge on any atom is -0.351 e. The lowest BCUT2D eigenvalue weighted by molar-refractivity contribution is -0.136. The van der Waals surface area contributed by atoms with Crippen LogP contribution in [0.2, 0.25) is 0 Å². The average molecular weight is 412 g/mol. The van der Waals surface area contributed by atoms with E-state index < -0.39 is 29.0 Å². The van der Waals surface area contributed by atoms with Gasteiger partial charge in [-0.3, -0.25) is 4.79 Å². The average Bonchev–Trinajstić information content (AvgIpc) is 2.69. The Hall–Kier alpha value is -4.06. The van der Waals surface area contributed by atoms with Crippen molar-refractivity contribution in [3.63, 3.8) is 0 Å². The molecule has 0 unspecified atom stereocenters. The maximum Gasteiger partial charge on any atom is 0.407 e. The van der Waals surface area contributed by atoms with Crippen LogP contribution in [0.3, 0.4) is 0 Å². The number of primary amides is 1. The van der Waals surface area contributed by atoms with Gasteiger partial charge in [-0.1, -0.05) is 42.5 Å². The zero-order valence-electron chi connectivity index (χ0n) is 15.4. The van der Waals surface area contributed by atoms with Gasteiger partial charge in [-0.2, -0.15) is 13.2 Å². The van der Waals surface area contributed by atoms with Crippen LogP contribution < -0.4 is 16.6 Å². The fourth-order valence-electron chi connectivity index (χ4n) is 3.02. The Morgan fingerprint density at radius 3 is 2.40 bits per heavy atom. The van der Waals surface area contributed by atoms with Gasteiger partial charge in [-0.05, 0) is 23.8 Å². The first-order valence-electron chi connectivity index (χ1n) is 8.64. The number of pyridine rings is 1. The minimum atomic E-state index is -4.89. The second kappa shape index (κ2) is 8.13. The molecule has 0 fully saturated rings. The molecule has 1 heterocycles. The third kappa shape index (κ3) is 4.33. The molecule has 9 heteroatoms. The van der Waals surface area contributed by atoms with E-state index in [1.54, 1.807) is 30.3 Å². The topological polar surface area (TPSA) is 81.5 Å². The van der Waals surface area contributed by atoms with Crippen molar-refractivity contribution < 1.29 is 18.0 Å². The summed E-state index contributed by atoms with van der Waals surface area (Å²) in [5.41, 5.74) is 2.87. The van der Waals surface area contributed by atoms with Gasteiger partial charge in [0.2, 0.25) is 0 Å². The molecule has 0 aliphatic carbocycles. The number of anilines is 1. The van der Waals surface area contributed by atoms with Crippen molar-refractivity contribution >= 4 is 17.4 Å². The van der Waals surface area contributed by atoms with E-state index >= 15 is 0 Å². The molecule has 0 saturated carbocycles. The van der Waals surface area contributed by atoms with Crippen molar-refractivity contribution in [1.29, 1.82) is 0 Å². The molecule has 0 aliphatic heterocycles. The van der Waals surface area contributed by atoms with E-state index in [1.165, 1.54) is 24.3 Å². The van der Waals surface area contributed by atoms with Crippen molar-refractivity contribution in [1.82, 2.24) is 4.57 Å². The lowest BCUT2D eigenvalue weighted by Crippen LogP contribution is -2.25. The van der Waals surface area contributed by atoms with Crippen LogP contribution >= 0.6 is 0 Å². The summed E-state index contributed by atoms with van der Waals surface area (Å²) in [7, 11) is 0. The van der Waals surface area contributed by atoms with Gasteiger partial charge in [-0.25, -0.2) is 9.64 Å². The van der Waals surface area contributed by atoms with Gasteiger partial charge in [0.05, 0.1) is 12.1 Å². The van der Waals surface area contributed by atoms with E-state index in [9.17, 15) is 22.8 Å². The molecule has 30 heavy (non-hydrogen) atoms. The second-order valence-corrected chi connectivity index (χ2v) is 6.35. The molecular formula is C21H15F3N4O2. The highest BCUT2D eigenvalue weighted by molar-refractivity contribution is 5.88. The minimum absolute atomic E-state index is 0.0386. The largest absolute Gasteiger partial charge is 0.407 e. The fourth-order valence-corrected chi connectivity index (χ4v) is 3.02. The standard InChI is InChI=1S/C21H15F3N4O2/c1-26-18-16(21(22,23)24)11-17(14-8-5-9-15(10-14)27-20(25)30)28(19(18)29)12-13-6-3-2-4-7-13/h2-11H,12H2,(H3,25,27,30). The van der Waals surface area contributed by atoms with Gasteiger partial charge in [0.25, 0.3) is 11.2 Å². The number of benzene rings is 2. The second-order valence-electron chi connectivity index (χ2n) is 6.35. The Kier molecular flexibility index (Phi) is 5.60. The van der Waals surface area contributed by atoms with E-state index in [0.29, 0.717) is 5.56 Å². The van der Waals surface area contributed by atoms with Crippen LogP contribution in [0.15, 0.2) is 65.5 Å². The molecule has 3 aromatic rings. The first-order chi connectivity index (χ1) is 14.2. The maximum atomic E-state index is 13.6. The lowest BCUT2D eigenvalue weighted by Gasteiger charge is -2.18. The number of carbonyl (C=O) groups is 1. The molecule has 0 aliphatic rings. The molecule has 0 radical (unpaired) electrons. The number of nitrogens with one attached hydrogen (secondary N) is 1. The number of halogens is 3. The quantitative estimate of drug-likeness (QED) is 0.613. The number of nitrogens with zero attached hydrogens (tertiary/aromatic N) is 2. The molecule has 152 valence electrons. The molecule has 2 aromatic carbocycles. The zero-order valence-corrected chi connectivity index (χ0v) is 15.4. The molecule has 6 nitrogen and oxygen atoms in total. The third-order valence-electron chi connectivity index (χ3n) is 4.30. The SMILES string of the molecule is [C-]#[N+]c1c(C(F)(F)F)cc(-c2cccc(NC(N)=O)c2)n(Cc2ccccc2)c1=O. The molecule has 3 rings (SSSR count). The Bertz CT molecular complexity index is 1200. The van der Waals surface area contributed by atoms with Crippen molar-refractivity contribution in [3.05, 3.63) is 93.6 Å². The summed E-state index contributed by atoms with van der Waals surface area (Å²) < 4.78 is 41.8. The Labute approximate surface area is 169 Å². The number of carbonyl (C=O) groups excluding carboxylic acids is 1. The third-order valence-corrected chi connectivity index (χ3v) is 4.30. The van der Waals surface area contributed by atoms with Crippen LogP contribution in [0.1, 0.15) is 11.1 Å². The summed E-state index contributed by atoms with van der Waals surface area (Å²) in [5.74, 6) is 0. The van der Waals surface area contributed by atoms with E-state index in [4.69, 9.17) is 12.3 Å². The van der Waals surface area contributed by atoms with Crippen LogP contribution in [-0.2, 0) is 12.7 Å². The summed E-state index contributed by atoms with van der Waals surface area (Å²) >= 11 is 0. The van der Waals surface area contributed by atoms with E-state index in [2.05, 4.69) is 10.2 Å². The number of rotatable bonds is 4. The number of amides is 2. The smallest absolute Gasteiger partial charge is 0.351 e. The Morgan fingerprint density at radius 2 is 1.80 bits per heavy atom. The van der Waals surface area contributed by atoms with E-state index in [1.807, 2.05) is 0 Å². The predicted octanol–water partition coefficient (Wildman–Crippen LogP) is 4.62. The van der Waals surface area contributed by atoms with E-state index in [0.717, 1.165) is 10.6 Å². The number of hydrogen-bond donors (Lipinski definition) is 2. The number of aromatic nitrogens is 1. The number of urea groups is 1. The molecule has 2 amide bonds. The number of hydrogen-bond acceptors (Lipinski definition) is 2. The van der Waals surface area contributed by atoms with Gasteiger partial charge in [0.15, 0.2) is 0 Å². The summed E-state index contributed by atoms with van der Waals surface area (Å²) in [4.78, 5) is 26.9. The van der Waals surface area contributed by atoms with Crippen LogP contribution in [-0.4, -0.2) is 10.6 Å². The lowest BCUT2D eigenvalue weighted by atomic mass is 10.1. The highest BCUT2D eigenvalue weighted by Gasteiger charge is 2.36. The molecule has 3 N–H and O–H groups in total. The summed E-state index contributed by atoms with van der Waals surface area (Å²) in [6.07, 6.45) is -4.89. The first kappa shape index (κ1) is 20.7. The van der Waals surface area contributed by atoms with Gasteiger partial charge >= 0.3 is 12.2 Å². The Morgan fingerprint density at radius 1 is 1.10 bits per heavy atom. The van der Waals surface area contributed by atoms with E-state index in [-0.39, 0.29) is 23.5 Å². The van der Waals surface area contributed by atoms with Gasteiger partial charge < -0.3 is 15.6 Å². The molecule has 0 spiro atoms. The normalized spacial score (nSPS) is 11.0. The number of alkyl halides is 3. The van der Waals surface area contributed by atoms with Gasteiger partial charge in [-0.15, -0.1) is 0 Å². The van der Waals surface area contributed by atoms with Crippen molar-refractivity contribution in [2.45, 2.75) is 12.7 Å². The highest BCUT2D eigenvalue weighted by Crippen LogP contribution is 2.37. The molecule has 0 atom stereocenters. The van der Waals surface area contributed by atoms with Crippen LogP contribution in [0, 0.1) is 6.57 Å². The molecule has 0 saturated heterocycles. The molecule has 1 aromatic heterocycles.